The van der Waals surface area contributed by atoms with Gasteiger partial charge in [0.15, 0.2) is 11.5 Å². The van der Waals surface area contributed by atoms with Crippen LogP contribution in [-0.4, -0.2) is 35.6 Å². The zero-order valence-corrected chi connectivity index (χ0v) is 23.7. The minimum atomic E-state index is -0.605. The Hall–Kier alpha value is -5.18. The fourth-order valence-corrected chi connectivity index (χ4v) is 4.96. The van der Waals surface area contributed by atoms with Gasteiger partial charge in [-0.1, -0.05) is 6.07 Å². The molecule has 0 radical (unpaired) electrons. The Morgan fingerprint density at radius 1 is 1.02 bits per heavy atom. The highest BCUT2D eigenvalue weighted by molar-refractivity contribution is 6.08. The molecule has 0 atom stereocenters. The number of methoxy groups -OCH3 is 2. The zero-order valence-electron chi connectivity index (χ0n) is 23.7. The maximum absolute atomic E-state index is 14.4. The van der Waals surface area contributed by atoms with E-state index in [0.717, 1.165) is 28.0 Å². The summed E-state index contributed by atoms with van der Waals surface area (Å²) in [5.74, 6) is -0.438. The minimum Gasteiger partial charge on any atom is -0.493 e. The molecule has 0 bridgehead atoms. The summed E-state index contributed by atoms with van der Waals surface area (Å²) in [7, 11) is 4.86. The molecule has 1 amide bonds. The highest BCUT2D eigenvalue weighted by atomic mass is 19.1. The van der Waals surface area contributed by atoms with E-state index in [9.17, 15) is 14.0 Å². The van der Waals surface area contributed by atoms with Crippen LogP contribution < -0.4 is 19.5 Å². The lowest BCUT2D eigenvalue weighted by Crippen LogP contribution is -2.23. The maximum Gasteiger partial charge on any atom is 0.345 e. The van der Waals surface area contributed by atoms with Crippen LogP contribution in [0, 0.1) is 5.82 Å². The van der Waals surface area contributed by atoms with E-state index in [4.69, 9.17) is 14.2 Å². The normalized spacial score (nSPS) is 13.2. The number of nitrogens with one attached hydrogen (secondary N) is 1. The first-order valence-electron chi connectivity index (χ1n) is 13.3. The Morgan fingerprint density at radius 2 is 1.79 bits per heavy atom. The van der Waals surface area contributed by atoms with E-state index in [-0.39, 0.29) is 41.0 Å². The maximum atomic E-state index is 14.4. The highest BCUT2D eigenvalue weighted by Gasteiger charge is 2.26. The zero-order chi connectivity index (χ0) is 29.8. The predicted octanol–water partition coefficient (Wildman–Crippen LogP) is 5.83. The van der Waals surface area contributed by atoms with Gasteiger partial charge >= 0.3 is 5.97 Å². The molecule has 0 saturated carbocycles. The average Bonchev–Trinajstić information content (AvgIpc) is 3.52. The van der Waals surface area contributed by atoms with Crippen molar-refractivity contribution >= 4 is 29.1 Å². The van der Waals surface area contributed by atoms with Crippen LogP contribution in [0.3, 0.4) is 0 Å². The van der Waals surface area contributed by atoms with E-state index >= 15 is 0 Å². The molecule has 4 aromatic rings. The third-order valence-corrected chi connectivity index (χ3v) is 7.19. The first-order valence-corrected chi connectivity index (χ1v) is 13.3. The molecule has 8 nitrogen and oxygen atoms in total. The molecular weight excluding hydrogens is 537 g/mol. The molecular formula is C33H30FN3O5. The molecule has 0 unspecified atom stereocenters. The van der Waals surface area contributed by atoms with Gasteiger partial charge in [-0.25, -0.2) is 9.18 Å². The summed E-state index contributed by atoms with van der Waals surface area (Å²) in [5.41, 5.74) is 5.88. The van der Waals surface area contributed by atoms with Gasteiger partial charge in [0.05, 0.1) is 32.7 Å². The van der Waals surface area contributed by atoms with Gasteiger partial charge in [-0.2, -0.15) is 0 Å². The number of hydrogen-bond donors (Lipinski definition) is 1. The van der Waals surface area contributed by atoms with Gasteiger partial charge in [0, 0.05) is 31.3 Å². The minimum absolute atomic E-state index is 0.0971. The van der Waals surface area contributed by atoms with Crippen molar-refractivity contribution in [2.75, 3.05) is 14.2 Å². The van der Waals surface area contributed by atoms with Crippen LogP contribution in [-0.2, 0) is 18.4 Å². The van der Waals surface area contributed by atoms with Gasteiger partial charge in [-0.3, -0.25) is 9.78 Å². The van der Waals surface area contributed by atoms with Crippen molar-refractivity contribution < 1.29 is 28.2 Å². The smallest absolute Gasteiger partial charge is 0.345 e. The van der Waals surface area contributed by atoms with Crippen molar-refractivity contribution in [3.8, 4) is 17.2 Å². The van der Waals surface area contributed by atoms with Gasteiger partial charge in [0.2, 0.25) is 11.7 Å². The number of allylic oxidation sites excluding steroid dienone is 2. The van der Waals surface area contributed by atoms with E-state index in [1.165, 1.54) is 32.5 Å². The van der Waals surface area contributed by atoms with Crippen molar-refractivity contribution in [3.63, 3.8) is 0 Å². The number of hydrogen-bond acceptors (Lipinski definition) is 6. The number of esters is 1. The molecule has 2 aromatic heterocycles. The number of aromatic nitrogens is 2. The second-order valence-corrected chi connectivity index (χ2v) is 9.80. The number of rotatable bonds is 9. The quantitative estimate of drug-likeness (QED) is 0.202. The number of fused-ring (bicyclic) bond motifs is 1. The van der Waals surface area contributed by atoms with Gasteiger partial charge in [0.1, 0.15) is 5.82 Å². The van der Waals surface area contributed by atoms with Gasteiger partial charge in [-0.05, 0) is 94.9 Å². The van der Waals surface area contributed by atoms with E-state index in [2.05, 4.69) is 10.3 Å². The summed E-state index contributed by atoms with van der Waals surface area (Å²) in [5, 5.41) is 2.96. The number of carbonyl (C=O) groups is 2. The predicted molar refractivity (Wildman–Crippen MR) is 157 cm³/mol. The number of benzene rings is 2. The van der Waals surface area contributed by atoms with Gasteiger partial charge in [0.25, 0.3) is 0 Å². The summed E-state index contributed by atoms with van der Waals surface area (Å²) < 4.78 is 33.1. The number of aryl methyl sites for hydroxylation is 1. The second-order valence-electron chi connectivity index (χ2n) is 9.80. The van der Waals surface area contributed by atoms with Crippen LogP contribution in [0.5, 0.6) is 17.2 Å². The lowest BCUT2D eigenvalue weighted by Gasteiger charge is -2.15. The van der Waals surface area contributed by atoms with Gasteiger partial charge < -0.3 is 24.1 Å². The molecule has 5 rings (SSSR count). The number of ether oxygens (including phenoxy) is 3. The standard InChI is InChI=1S/C33H30FN3O5/c1-20-26(13-21-14-29(40-3)32(30(15-21)41-4)42-33(39)22-7-5-11-35-18-22)25-10-9-23(34)16-28(25)27(20)17-31(38)36-19-24-8-6-12-37(24)2/h5-16,18H,17,19H2,1-4H3,(H,36,38). The molecule has 9 heteroatoms. The fraction of sp³-hybridized carbons (Fsp3) is 0.182. The van der Waals surface area contributed by atoms with Crippen molar-refractivity contribution in [1.82, 2.24) is 14.9 Å². The Morgan fingerprint density at radius 3 is 2.43 bits per heavy atom. The molecule has 0 spiro atoms. The van der Waals surface area contributed by atoms with Crippen molar-refractivity contribution in [3.05, 3.63) is 113 Å². The second kappa shape index (κ2) is 12.1. The fourth-order valence-electron chi connectivity index (χ4n) is 4.96. The Kier molecular flexibility index (Phi) is 8.19. The molecule has 0 aliphatic heterocycles. The third kappa shape index (κ3) is 5.81. The molecule has 42 heavy (non-hydrogen) atoms. The SMILES string of the molecule is COc1cc(C=C2C(C)=C(CC(=O)NCc3cccn3C)c3cc(F)ccc32)cc(OC)c1OC(=O)c1cccnc1. The van der Waals surface area contributed by atoms with Crippen LogP contribution in [0.15, 0.2) is 78.8 Å². The summed E-state index contributed by atoms with van der Waals surface area (Å²) in [4.78, 5) is 29.6. The lowest BCUT2D eigenvalue weighted by atomic mass is 10.00. The number of amides is 1. The number of nitrogens with zero attached hydrogens (tertiary/aromatic N) is 2. The lowest BCUT2D eigenvalue weighted by molar-refractivity contribution is -0.120. The molecule has 1 aliphatic carbocycles. The molecule has 0 fully saturated rings. The van der Waals surface area contributed by atoms with E-state index < -0.39 is 5.97 Å². The van der Waals surface area contributed by atoms with Crippen molar-refractivity contribution in [2.45, 2.75) is 19.9 Å². The molecule has 2 heterocycles. The van der Waals surface area contributed by atoms with Gasteiger partial charge in [-0.15, -0.1) is 0 Å². The first-order chi connectivity index (χ1) is 20.3. The van der Waals surface area contributed by atoms with E-state index in [1.54, 1.807) is 36.5 Å². The number of pyridine rings is 1. The summed E-state index contributed by atoms with van der Waals surface area (Å²) in [6, 6.07) is 15.1. The van der Waals surface area contributed by atoms with Crippen LogP contribution >= 0.6 is 0 Å². The highest BCUT2D eigenvalue weighted by Crippen LogP contribution is 2.45. The van der Waals surface area contributed by atoms with E-state index in [1.807, 2.05) is 42.9 Å². The third-order valence-electron chi connectivity index (χ3n) is 7.19. The Bertz CT molecular complexity index is 1700. The number of halogens is 1. The number of carbonyl (C=O) groups excluding carboxylic acids is 2. The van der Waals surface area contributed by atoms with Crippen LogP contribution in [0.4, 0.5) is 4.39 Å². The molecule has 2 aromatic carbocycles. The Balaban J connectivity index is 1.47. The molecule has 0 saturated heterocycles. The van der Waals surface area contributed by atoms with Crippen LogP contribution in [0.1, 0.15) is 46.1 Å². The topological polar surface area (TPSA) is 91.7 Å². The first kappa shape index (κ1) is 28.4. The molecule has 214 valence electrons. The van der Waals surface area contributed by atoms with Crippen LogP contribution in [0.25, 0.3) is 17.2 Å². The summed E-state index contributed by atoms with van der Waals surface area (Å²) in [6.45, 7) is 2.31. The average molecular weight is 568 g/mol. The van der Waals surface area contributed by atoms with Crippen molar-refractivity contribution in [1.29, 1.82) is 0 Å². The van der Waals surface area contributed by atoms with E-state index in [0.29, 0.717) is 17.7 Å². The summed E-state index contributed by atoms with van der Waals surface area (Å²) in [6.07, 6.45) is 6.91. The Labute approximate surface area is 243 Å². The monoisotopic (exact) mass is 567 g/mol. The summed E-state index contributed by atoms with van der Waals surface area (Å²) >= 11 is 0. The largest absolute Gasteiger partial charge is 0.493 e. The molecule has 1 aliphatic rings. The van der Waals surface area contributed by atoms with Crippen LogP contribution in [0.2, 0.25) is 0 Å². The van der Waals surface area contributed by atoms with Crippen molar-refractivity contribution in [2.24, 2.45) is 7.05 Å². The molecule has 1 N–H and O–H groups in total.